The van der Waals surface area contributed by atoms with Gasteiger partial charge < -0.3 is 9.15 Å². The number of benzene rings is 1. The first-order valence-corrected chi connectivity index (χ1v) is 6.58. The molecule has 0 fully saturated rings. The zero-order valence-electron chi connectivity index (χ0n) is 11.8. The summed E-state index contributed by atoms with van der Waals surface area (Å²) in [4.78, 5) is 36.1. The molecule has 3 rings (SSSR count). The molecule has 0 saturated heterocycles. The summed E-state index contributed by atoms with van der Waals surface area (Å²) in [6.45, 7) is 2.44. The van der Waals surface area contributed by atoms with Crippen LogP contribution in [0.15, 0.2) is 28.7 Å². The number of esters is 1. The van der Waals surface area contributed by atoms with Gasteiger partial charge in [-0.05, 0) is 25.1 Å². The molecule has 1 aliphatic rings. The van der Waals surface area contributed by atoms with E-state index in [-0.39, 0.29) is 34.0 Å². The highest BCUT2D eigenvalue weighted by Crippen LogP contribution is 2.36. The molecule has 0 N–H and O–H groups in total. The maximum Gasteiger partial charge on any atom is 0.308 e. The van der Waals surface area contributed by atoms with Gasteiger partial charge >= 0.3 is 5.97 Å². The third-order valence-corrected chi connectivity index (χ3v) is 3.35. The van der Waals surface area contributed by atoms with E-state index < -0.39 is 23.7 Å². The van der Waals surface area contributed by atoms with Crippen molar-refractivity contribution in [2.45, 2.75) is 20.0 Å². The Morgan fingerprint density at radius 3 is 2.59 bits per heavy atom. The van der Waals surface area contributed by atoms with Gasteiger partial charge in [-0.25, -0.2) is 4.39 Å². The molecule has 1 unspecified atom stereocenters. The highest BCUT2D eigenvalue weighted by atomic mass is 19.1. The number of hydrogen-bond acceptors (Lipinski definition) is 5. The van der Waals surface area contributed by atoms with Crippen LogP contribution in [-0.4, -0.2) is 17.5 Å². The molecular weight excluding hydrogens is 291 g/mol. The second kappa shape index (κ2) is 4.91. The number of alkyl halides is 1. The van der Waals surface area contributed by atoms with Crippen LogP contribution in [0.2, 0.25) is 0 Å². The van der Waals surface area contributed by atoms with Crippen molar-refractivity contribution < 1.29 is 27.9 Å². The predicted molar refractivity (Wildman–Crippen MR) is 72.8 cm³/mol. The van der Waals surface area contributed by atoms with E-state index in [1.54, 1.807) is 0 Å². The Kier molecular flexibility index (Phi) is 3.16. The summed E-state index contributed by atoms with van der Waals surface area (Å²) in [6.07, 6.45) is -1.44. The summed E-state index contributed by atoms with van der Waals surface area (Å²) >= 11 is 0. The van der Waals surface area contributed by atoms with Gasteiger partial charge in [-0.1, -0.05) is 6.07 Å². The van der Waals surface area contributed by atoms with E-state index in [1.807, 2.05) is 0 Å². The minimum absolute atomic E-state index is 0.00467. The predicted octanol–water partition coefficient (Wildman–Crippen LogP) is 3.01. The molecule has 22 heavy (non-hydrogen) atoms. The molecule has 0 amide bonds. The maximum atomic E-state index is 13.4. The van der Waals surface area contributed by atoms with Crippen molar-refractivity contribution in [1.82, 2.24) is 0 Å². The summed E-state index contributed by atoms with van der Waals surface area (Å²) < 4.78 is 23.5. The smallest absolute Gasteiger partial charge is 0.308 e. The van der Waals surface area contributed by atoms with E-state index in [1.165, 1.54) is 38.1 Å². The van der Waals surface area contributed by atoms with Gasteiger partial charge in [-0.3, -0.25) is 14.4 Å². The quantitative estimate of drug-likeness (QED) is 0.537. The summed E-state index contributed by atoms with van der Waals surface area (Å²) in [5.41, 5.74) is 0.0503. The van der Waals surface area contributed by atoms with Gasteiger partial charge in [-0.15, -0.1) is 0 Å². The van der Waals surface area contributed by atoms with Gasteiger partial charge in [0.1, 0.15) is 11.5 Å². The lowest BCUT2D eigenvalue weighted by molar-refractivity contribution is -0.131. The summed E-state index contributed by atoms with van der Waals surface area (Å²) in [5, 5.41) is 0. The summed E-state index contributed by atoms with van der Waals surface area (Å²) in [5.74, 6) is -1.94. The van der Waals surface area contributed by atoms with Crippen molar-refractivity contribution in [2.75, 3.05) is 0 Å². The van der Waals surface area contributed by atoms with Crippen molar-refractivity contribution in [3.05, 3.63) is 52.5 Å². The molecule has 0 bridgehead atoms. The van der Waals surface area contributed by atoms with Gasteiger partial charge in [0, 0.05) is 12.5 Å². The third kappa shape index (κ3) is 2.04. The second-order valence-electron chi connectivity index (χ2n) is 4.94. The van der Waals surface area contributed by atoms with Crippen LogP contribution in [0.4, 0.5) is 4.39 Å². The van der Waals surface area contributed by atoms with E-state index in [0.29, 0.717) is 0 Å². The average Bonchev–Trinajstić information content (AvgIpc) is 2.90. The molecule has 0 saturated carbocycles. The average molecular weight is 302 g/mol. The Bertz CT molecular complexity index is 816. The molecule has 0 radical (unpaired) electrons. The summed E-state index contributed by atoms with van der Waals surface area (Å²) in [6, 6.07) is 5.57. The second-order valence-corrected chi connectivity index (χ2v) is 4.94. The van der Waals surface area contributed by atoms with Gasteiger partial charge in [0.15, 0.2) is 11.9 Å². The zero-order chi connectivity index (χ0) is 16.0. The van der Waals surface area contributed by atoms with Crippen molar-refractivity contribution >= 4 is 17.5 Å². The van der Waals surface area contributed by atoms with E-state index in [9.17, 15) is 18.8 Å². The first-order chi connectivity index (χ1) is 10.4. The molecule has 112 valence electrons. The number of ketones is 2. The molecule has 5 nitrogen and oxygen atoms in total. The Hall–Kier alpha value is -2.76. The molecule has 0 aliphatic heterocycles. The van der Waals surface area contributed by atoms with Crippen LogP contribution in [0.3, 0.4) is 0 Å². The molecule has 6 heteroatoms. The van der Waals surface area contributed by atoms with Gasteiger partial charge in [-0.2, -0.15) is 0 Å². The zero-order valence-corrected chi connectivity index (χ0v) is 11.8. The largest absolute Gasteiger partial charge is 0.454 e. The first-order valence-electron chi connectivity index (χ1n) is 6.58. The van der Waals surface area contributed by atoms with Gasteiger partial charge in [0.2, 0.25) is 11.6 Å². The molecule has 1 aromatic carbocycles. The fourth-order valence-electron chi connectivity index (χ4n) is 2.39. The highest BCUT2D eigenvalue weighted by molar-refractivity contribution is 6.28. The lowest BCUT2D eigenvalue weighted by Crippen LogP contribution is -2.21. The van der Waals surface area contributed by atoms with Crippen LogP contribution in [0.1, 0.15) is 57.8 Å². The van der Waals surface area contributed by atoms with E-state index >= 15 is 0 Å². The monoisotopic (exact) mass is 302 g/mol. The van der Waals surface area contributed by atoms with Crippen LogP contribution in [0.5, 0.6) is 5.75 Å². The normalized spacial score (nSPS) is 14.3. The highest BCUT2D eigenvalue weighted by Gasteiger charge is 2.36. The molecule has 0 spiro atoms. The molecule has 2 aromatic rings. The van der Waals surface area contributed by atoms with Crippen molar-refractivity contribution in [3.8, 4) is 5.75 Å². The topological polar surface area (TPSA) is 73.6 Å². The Morgan fingerprint density at radius 2 is 1.95 bits per heavy atom. The minimum atomic E-state index is -1.44. The molecule has 1 aromatic heterocycles. The standard InChI is InChI=1S/C16H11FO5/c1-7(17)12-6-10-14(19)13-9(15(20)16(10)22-12)4-3-5-11(13)21-8(2)18/h3-7H,1-2H3. The fraction of sp³-hybridized carbons (Fsp3) is 0.188. The first kappa shape index (κ1) is 14.2. The number of hydrogen-bond donors (Lipinski definition) is 0. The maximum absolute atomic E-state index is 13.4. The van der Waals surface area contributed by atoms with Crippen LogP contribution in [-0.2, 0) is 4.79 Å². The number of halogens is 1. The van der Waals surface area contributed by atoms with Gasteiger partial charge in [0.05, 0.1) is 11.1 Å². The number of rotatable bonds is 2. The number of carbonyl (C=O) groups excluding carboxylic acids is 3. The Morgan fingerprint density at radius 1 is 1.23 bits per heavy atom. The summed E-state index contributed by atoms with van der Waals surface area (Å²) in [7, 11) is 0. The fourth-order valence-corrected chi connectivity index (χ4v) is 2.39. The van der Waals surface area contributed by atoms with Crippen LogP contribution >= 0.6 is 0 Å². The lowest BCUT2D eigenvalue weighted by Gasteiger charge is -2.15. The van der Waals surface area contributed by atoms with Crippen LogP contribution in [0.25, 0.3) is 0 Å². The lowest BCUT2D eigenvalue weighted by atomic mass is 9.88. The molecule has 1 heterocycles. The van der Waals surface area contributed by atoms with E-state index in [4.69, 9.17) is 9.15 Å². The van der Waals surface area contributed by atoms with Crippen molar-refractivity contribution in [3.63, 3.8) is 0 Å². The van der Waals surface area contributed by atoms with Crippen molar-refractivity contribution in [2.24, 2.45) is 0 Å². The molecular formula is C16H11FO5. The minimum Gasteiger partial charge on any atom is -0.454 e. The third-order valence-electron chi connectivity index (χ3n) is 3.35. The van der Waals surface area contributed by atoms with Crippen LogP contribution < -0.4 is 4.74 Å². The number of fused-ring (bicyclic) bond motifs is 2. The molecule has 1 atom stereocenters. The van der Waals surface area contributed by atoms with Crippen molar-refractivity contribution in [1.29, 1.82) is 0 Å². The Balaban J connectivity index is 2.20. The van der Waals surface area contributed by atoms with E-state index in [0.717, 1.165) is 0 Å². The van der Waals surface area contributed by atoms with E-state index in [2.05, 4.69) is 0 Å². The molecule has 1 aliphatic carbocycles. The number of carbonyl (C=O) groups is 3. The SMILES string of the molecule is CC(=O)Oc1cccc2c1C(=O)c1cc(C(C)F)oc1C2=O. The van der Waals surface area contributed by atoms with Gasteiger partial charge in [0.25, 0.3) is 0 Å². The number of furan rings is 1. The number of ether oxygens (including phenoxy) is 1. The van der Waals surface area contributed by atoms with Crippen LogP contribution in [0, 0.1) is 0 Å². The Labute approximate surface area is 124 Å².